The standard InChI is InChI=1S/C7H18N2S/c1-9(2,7-8)5-3-4-6-10/h3-8H2,1-2H3/p+1. The highest BCUT2D eigenvalue weighted by molar-refractivity contribution is 7.80. The van der Waals surface area contributed by atoms with Crippen LogP contribution in [0, 0.1) is 0 Å². The number of quaternary nitrogens is 1. The molecule has 0 atom stereocenters. The Hall–Kier alpha value is 0.270. The van der Waals surface area contributed by atoms with Crippen LogP contribution in [-0.4, -0.2) is 37.5 Å². The molecule has 0 aliphatic heterocycles. The number of hydrogen-bond acceptors (Lipinski definition) is 2. The maximum Gasteiger partial charge on any atom is 0.129 e. The van der Waals surface area contributed by atoms with Gasteiger partial charge in [-0.2, -0.15) is 12.6 Å². The van der Waals surface area contributed by atoms with Crippen LogP contribution in [0.4, 0.5) is 0 Å². The molecule has 3 heteroatoms. The van der Waals surface area contributed by atoms with E-state index in [0.29, 0.717) is 0 Å². The van der Waals surface area contributed by atoms with Gasteiger partial charge in [-0.1, -0.05) is 0 Å². The van der Waals surface area contributed by atoms with Gasteiger partial charge in [0.25, 0.3) is 0 Å². The summed E-state index contributed by atoms with van der Waals surface area (Å²) in [6, 6.07) is 0. The van der Waals surface area contributed by atoms with Gasteiger partial charge in [-0.15, -0.1) is 0 Å². The van der Waals surface area contributed by atoms with E-state index in [-0.39, 0.29) is 0 Å². The first-order valence-electron chi connectivity index (χ1n) is 3.75. The van der Waals surface area contributed by atoms with Crippen molar-refractivity contribution in [3.63, 3.8) is 0 Å². The molecule has 0 bridgehead atoms. The highest BCUT2D eigenvalue weighted by atomic mass is 32.1. The zero-order valence-electron chi connectivity index (χ0n) is 7.01. The Balaban J connectivity index is 3.28. The highest BCUT2D eigenvalue weighted by Gasteiger charge is 2.09. The second-order valence-electron chi connectivity index (χ2n) is 3.27. The lowest BCUT2D eigenvalue weighted by molar-refractivity contribution is -0.890. The van der Waals surface area contributed by atoms with Gasteiger partial charge in [-0.3, -0.25) is 5.73 Å². The summed E-state index contributed by atoms with van der Waals surface area (Å²) in [4.78, 5) is 0. The van der Waals surface area contributed by atoms with Gasteiger partial charge in [0.15, 0.2) is 0 Å². The minimum atomic E-state index is 0.729. The van der Waals surface area contributed by atoms with E-state index in [1.165, 1.54) is 12.8 Å². The molecule has 0 saturated heterocycles. The van der Waals surface area contributed by atoms with Crippen molar-refractivity contribution < 1.29 is 4.48 Å². The lowest BCUT2D eigenvalue weighted by Crippen LogP contribution is -2.44. The van der Waals surface area contributed by atoms with E-state index in [1.54, 1.807) is 0 Å². The fraction of sp³-hybridized carbons (Fsp3) is 1.00. The van der Waals surface area contributed by atoms with E-state index < -0.39 is 0 Å². The summed E-state index contributed by atoms with van der Waals surface area (Å²) in [5, 5.41) is 0. The molecule has 0 aromatic rings. The summed E-state index contributed by atoms with van der Waals surface area (Å²) in [6.07, 6.45) is 2.43. The first-order valence-corrected chi connectivity index (χ1v) is 4.38. The Labute approximate surface area is 69.4 Å². The smallest absolute Gasteiger partial charge is 0.129 e. The summed E-state index contributed by atoms with van der Waals surface area (Å²) >= 11 is 4.14. The number of nitrogens with two attached hydrogens (primary N) is 1. The molecule has 62 valence electrons. The lowest BCUT2D eigenvalue weighted by atomic mass is 10.3. The molecular weight excluding hydrogens is 144 g/mol. The van der Waals surface area contributed by atoms with Crippen LogP contribution in [-0.2, 0) is 0 Å². The summed E-state index contributed by atoms with van der Waals surface area (Å²) in [5.74, 6) is 0.991. The average Bonchev–Trinajstić information content (AvgIpc) is 1.89. The van der Waals surface area contributed by atoms with E-state index in [9.17, 15) is 0 Å². The third kappa shape index (κ3) is 5.09. The van der Waals surface area contributed by atoms with Gasteiger partial charge < -0.3 is 4.48 Å². The monoisotopic (exact) mass is 163 g/mol. The molecule has 0 spiro atoms. The van der Waals surface area contributed by atoms with Crippen molar-refractivity contribution in [1.82, 2.24) is 0 Å². The molecule has 0 rings (SSSR count). The van der Waals surface area contributed by atoms with Crippen LogP contribution in [0.2, 0.25) is 0 Å². The van der Waals surface area contributed by atoms with Crippen molar-refractivity contribution in [3.8, 4) is 0 Å². The molecule has 0 amide bonds. The quantitative estimate of drug-likeness (QED) is 0.265. The minimum Gasteiger partial charge on any atom is -0.316 e. The van der Waals surface area contributed by atoms with Crippen molar-refractivity contribution in [2.24, 2.45) is 5.73 Å². The van der Waals surface area contributed by atoms with Crippen LogP contribution in [0.15, 0.2) is 0 Å². The van der Waals surface area contributed by atoms with Crippen LogP contribution in [0.1, 0.15) is 12.8 Å². The number of unbranched alkanes of at least 4 members (excludes halogenated alkanes) is 1. The number of rotatable bonds is 5. The fourth-order valence-corrected chi connectivity index (χ4v) is 0.967. The van der Waals surface area contributed by atoms with E-state index in [0.717, 1.165) is 23.4 Å². The number of nitrogens with zero attached hydrogens (tertiary/aromatic N) is 1. The van der Waals surface area contributed by atoms with E-state index in [4.69, 9.17) is 5.73 Å². The minimum absolute atomic E-state index is 0.729. The van der Waals surface area contributed by atoms with Crippen LogP contribution >= 0.6 is 12.6 Å². The van der Waals surface area contributed by atoms with Gasteiger partial charge in [0.05, 0.1) is 20.6 Å². The average molecular weight is 163 g/mol. The van der Waals surface area contributed by atoms with Gasteiger partial charge in [-0.05, 0) is 18.6 Å². The second-order valence-corrected chi connectivity index (χ2v) is 3.72. The predicted octanol–water partition coefficient (Wildman–Crippen LogP) is 0.689. The molecule has 0 aromatic carbocycles. The molecule has 10 heavy (non-hydrogen) atoms. The van der Waals surface area contributed by atoms with Crippen molar-refractivity contribution in [3.05, 3.63) is 0 Å². The molecule has 0 aliphatic rings. The van der Waals surface area contributed by atoms with E-state index in [1.807, 2.05) is 0 Å². The number of thiol groups is 1. The maximum atomic E-state index is 5.54. The summed E-state index contributed by atoms with van der Waals surface area (Å²) in [5.41, 5.74) is 5.54. The van der Waals surface area contributed by atoms with Crippen LogP contribution in [0.25, 0.3) is 0 Å². The second kappa shape index (κ2) is 4.99. The van der Waals surface area contributed by atoms with Crippen molar-refractivity contribution in [2.75, 3.05) is 33.1 Å². The molecular formula is C7H19N2S+. The first kappa shape index (κ1) is 10.3. The van der Waals surface area contributed by atoms with Crippen LogP contribution in [0.3, 0.4) is 0 Å². The van der Waals surface area contributed by atoms with Gasteiger partial charge in [-0.25, -0.2) is 0 Å². The molecule has 0 saturated carbocycles. The molecule has 2 N–H and O–H groups in total. The SMILES string of the molecule is C[N+](C)(CN)CCCCS. The first-order chi connectivity index (χ1) is 4.62. The molecule has 0 aliphatic carbocycles. The van der Waals surface area contributed by atoms with E-state index >= 15 is 0 Å². The summed E-state index contributed by atoms with van der Waals surface area (Å²) < 4.78 is 0.924. The zero-order chi connectivity index (χ0) is 8.04. The molecule has 0 radical (unpaired) electrons. The Kier molecular flexibility index (Phi) is 5.13. The van der Waals surface area contributed by atoms with Crippen molar-refractivity contribution in [2.45, 2.75) is 12.8 Å². The Morgan fingerprint density at radius 1 is 1.30 bits per heavy atom. The topological polar surface area (TPSA) is 26.0 Å². The normalized spacial score (nSPS) is 12.0. The highest BCUT2D eigenvalue weighted by Crippen LogP contribution is 1.99. The lowest BCUT2D eigenvalue weighted by Gasteiger charge is -2.27. The van der Waals surface area contributed by atoms with E-state index in [2.05, 4.69) is 26.7 Å². The van der Waals surface area contributed by atoms with Crippen molar-refractivity contribution >= 4 is 12.6 Å². The maximum absolute atomic E-state index is 5.54. The van der Waals surface area contributed by atoms with Gasteiger partial charge in [0, 0.05) is 0 Å². The largest absolute Gasteiger partial charge is 0.316 e. The van der Waals surface area contributed by atoms with Gasteiger partial charge >= 0.3 is 0 Å². The van der Waals surface area contributed by atoms with Gasteiger partial charge in [0.1, 0.15) is 6.67 Å². The van der Waals surface area contributed by atoms with Crippen LogP contribution in [0.5, 0.6) is 0 Å². The summed E-state index contributed by atoms with van der Waals surface area (Å²) in [7, 11) is 4.30. The Morgan fingerprint density at radius 3 is 2.30 bits per heavy atom. The third-order valence-electron chi connectivity index (χ3n) is 1.67. The third-order valence-corrected chi connectivity index (χ3v) is 1.98. The molecule has 0 heterocycles. The summed E-state index contributed by atoms with van der Waals surface area (Å²) in [6.45, 7) is 1.89. The Morgan fingerprint density at radius 2 is 1.90 bits per heavy atom. The fourth-order valence-electron chi connectivity index (χ4n) is 0.743. The van der Waals surface area contributed by atoms with Gasteiger partial charge in [0.2, 0.25) is 0 Å². The molecule has 0 aromatic heterocycles. The zero-order valence-corrected chi connectivity index (χ0v) is 7.90. The molecule has 0 unspecified atom stereocenters. The predicted molar refractivity (Wildman–Crippen MR) is 49.1 cm³/mol. The molecule has 0 fully saturated rings. The van der Waals surface area contributed by atoms with Crippen LogP contribution < -0.4 is 5.73 Å². The van der Waals surface area contributed by atoms with Crippen molar-refractivity contribution in [1.29, 1.82) is 0 Å². The Bertz CT molecular complexity index is 83.7. The number of hydrogen-bond donors (Lipinski definition) is 2. The molecule has 2 nitrogen and oxygen atoms in total.